The van der Waals surface area contributed by atoms with Crippen LogP contribution in [0.4, 0.5) is 5.69 Å². The Morgan fingerprint density at radius 2 is 1.70 bits per heavy atom. The summed E-state index contributed by atoms with van der Waals surface area (Å²) in [7, 11) is 0. The van der Waals surface area contributed by atoms with Crippen molar-refractivity contribution in [3.63, 3.8) is 0 Å². The minimum absolute atomic E-state index is 0.346. The van der Waals surface area contributed by atoms with Gasteiger partial charge in [0, 0.05) is 59.0 Å². The van der Waals surface area contributed by atoms with Crippen molar-refractivity contribution in [2.24, 2.45) is 21.6 Å². The van der Waals surface area contributed by atoms with E-state index in [1.165, 1.54) is 44.9 Å². The van der Waals surface area contributed by atoms with Gasteiger partial charge in [-0.05, 0) is 62.8 Å². The maximum Gasteiger partial charge on any atom is 0.0720 e. The number of nitrogens with two attached hydrogens (primary N) is 1. The Labute approximate surface area is 290 Å². The average Bonchev–Trinajstić information content (AvgIpc) is 3.08. The monoisotopic (exact) mass is 661 g/mol. The van der Waals surface area contributed by atoms with Gasteiger partial charge in [-0.25, -0.2) is 0 Å². The maximum absolute atomic E-state index is 8.83. The number of hydrogen-bond donors (Lipinski definition) is 3. The zero-order valence-corrected chi connectivity index (χ0v) is 30.7. The molecule has 6 nitrogen and oxygen atoms in total. The number of halogens is 1. The summed E-state index contributed by atoms with van der Waals surface area (Å²) >= 11 is 6.32. The van der Waals surface area contributed by atoms with Crippen molar-refractivity contribution in [3.8, 4) is 0 Å². The standard InChI is InChI=1S/C27H33ClN4.C9H18.C4H9NO/c1-6-8-15-31-20(5)26(19(4)29)27(30)23-14-13-21(7-2)25(17-23)32-18(3)16-22-11-9-10-12-24(22)28;1-2-6-9-7-4-3-5-8-9;1-3-6-4-2-5-1/h8-15,17,30H,6-7,16,29H2,1-5H3;9H,2-8H2,1H3;5H,1-4H2/b15-8+,26-19-,30-27?,31-20+,32-18?;;. The second-order valence-electron chi connectivity index (χ2n) is 12.4. The van der Waals surface area contributed by atoms with Crippen LogP contribution in [0.1, 0.15) is 110 Å². The Morgan fingerprint density at radius 1 is 1.00 bits per heavy atom. The molecule has 0 spiro atoms. The quantitative estimate of drug-likeness (QED) is 0.209. The maximum atomic E-state index is 8.83. The summed E-state index contributed by atoms with van der Waals surface area (Å²) in [4.78, 5) is 9.35. The number of rotatable bonds is 11. The Balaban J connectivity index is 0.000000413. The number of hydrogen-bond acceptors (Lipinski definition) is 6. The number of aryl methyl sites for hydroxylation is 1. The molecule has 1 aliphatic carbocycles. The van der Waals surface area contributed by atoms with E-state index in [9.17, 15) is 0 Å². The summed E-state index contributed by atoms with van der Waals surface area (Å²) in [6, 6.07) is 13.8. The van der Waals surface area contributed by atoms with Crippen LogP contribution in [0.5, 0.6) is 0 Å². The third-order valence-electron chi connectivity index (χ3n) is 8.35. The van der Waals surface area contributed by atoms with Crippen molar-refractivity contribution < 1.29 is 4.74 Å². The van der Waals surface area contributed by atoms with Crippen molar-refractivity contribution in [2.75, 3.05) is 26.3 Å². The van der Waals surface area contributed by atoms with Gasteiger partial charge in [-0.2, -0.15) is 0 Å². The molecule has 0 amide bonds. The van der Waals surface area contributed by atoms with Crippen molar-refractivity contribution >= 4 is 34.4 Å². The van der Waals surface area contributed by atoms with E-state index in [-0.39, 0.29) is 0 Å². The second-order valence-corrected chi connectivity index (χ2v) is 12.8. The lowest BCUT2D eigenvalue weighted by atomic mass is 9.86. The number of morpholine rings is 1. The zero-order chi connectivity index (χ0) is 34.4. The van der Waals surface area contributed by atoms with E-state index in [2.05, 4.69) is 31.1 Å². The highest BCUT2D eigenvalue weighted by molar-refractivity contribution is 6.31. The number of nitrogens with zero attached hydrogens (tertiary/aromatic N) is 2. The lowest BCUT2D eigenvalue weighted by Gasteiger charge is -2.20. The molecule has 1 aliphatic heterocycles. The molecule has 2 aromatic rings. The number of nitrogens with one attached hydrogen (secondary N) is 2. The predicted molar refractivity (Wildman–Crippen MR) is 205 cm³/mol. The molecule has 0 radical (unpaired) electrons. The molecule has 2 aliphatic rings. The van der Waals surface area contributed by atoms with Crippen molar-refractivity contribution in [1.82, 2.24) is 5.32 Å². The third-order valence-corrected chi connectivity index (χ3v) is 8.72. The summed E-state index contributed by atoms with van der Waals surface area (Å²) in [5, 5.41) is 12.7. The molecular formula is C40H60ClN5O. The van der Waals surface area contributed by atoms with Gasteiger partial charge >= 0.3 is 0 Å². The van der Waals surface area contributed by atoms with Gasteiger partial charge in [0.05, 0.1) is 24.6 Å². The lowest BCUT2D eigenvalue weighted by Crippen LogP contribution is -2.30. The highest BCUT2D eigenvalue weighted by Crippen LogP contribution is 2.27. The van der Waals surface area contributed by atoms with Crippen LogP contribution in [0.15, 0.2) is 76.0 Å². The Hall–Kier alpha value is -3.06. The van der Waals surface area contributed by atoms with E-state index >= 15 is 0 Å². The summed E-state index contributed by atoms with van der Waals surface area (Å²) in [6.45, 7) is 16.0. The molecule has 0 unspecified atom stereocenters. The van der Waals surface area contributed by atoms with E-state index in [1.807, 2.05) is 62.4 Å². The summed E-state index contributed by atoms with van der Waals surface area (Å²) in [6.07, 6.45) is 16.6. The largest absolute Gasteiger partial charge is 0.402 e. The van der Waals surface area contributed by atoms with Crippen molar-refractivity contribution in [1.29, 1.82) is 5.41 Å². The molecule has 0 atom stereocenters. The normalized spacial score (nSPS) is 16.5. The predicted octanol–water partition coefficient (Wildman–Crippen LogP) is 10.2. The molecule has 1 saturated heterocycles. The SMILES string of the molecule is C1COCCN1.CC/C=C/N=C(C)/C(C(=N)c1ccc(CC)c(N=C(C)Cc2ccccc2Cl)c1)=C(\C)N.CCCC1CCCCC1. The fourth-order valence-corrected chi connectivity index (χ4v) is 6.03. The fourth-order valence-electron chi connectivity index (χ4n) is 5.83. The van der Waals surface area contributed by atoms with Crippen LogP contribution >= 0.6 is 11.6 Å². The van der Waals surface area contributed by atoms with E-state index in [0.29, 0.717) is 23.4 Å². The minimum Gasteiger partial charge on any atom is -0.402 e. The van der Waals surface area contributed by atoms with Gasteiger partial charge in [0.2, 0.25) is 0 Å². The highest BCUT2D eigenvalue weighted by Gasteiger charge is 2.15. The molecular weight excluding hydrogens is 602 g/mol. The van der Waals surface area contributed by atoms with Gasteiger partial charge in [0.25, 0.3) is 0 Å². The Kier molecular flexibility index (Phi) is 19.9. The number of aliphatic imine (C=N–C) groups is 2. The van der Waals surface area contributed by atoms with Gasteiger partial charge in [-0.15, -0.1) is 0 Å². The van der Waals surface area contributed by atoms with Gasteiger partial charge in [-0.3, -0.25) is 15.4 Å². The molecule has 47 heavy (non-hydrogen) atoms. The number of allylic oxidation sites excluding steroid dienone is 3. The van der Waals surface area contributed by atoms with Crippen LogP contribution < -0.4 is 11.1 Å². The first-order chi connectivity index (χ1) is 22.7. The molecule has 258 valence electrons. The average molecular weight is 662 g/mol. The number of benzene rings is 2. The first kappa shape index (κ1) is 40.1. The first-order valence-corrected chi connectivity index (χ1v) is 18.0. The van der Waals surface area contributed by atoms with Gasteiger partial charge in [0.15, 0.2) is 0 Å². The molecule has 1 saturated carbocycles. The molecule has 1 heterocycles. The summed E-state index contributed by atoms with van der Waals surface area (Å²) < 4.78 is 5.01. The van der Waals surface area contributed by atoms with Crippen LogP contribution in [-0.4, -0.2) is 43.4 Å². The molecule has 7 heteroatoms. The zero-order valence-electron chi connectivity index (χ0n) is 29.9. The minimum atomic E-state index is 0.346. The Morgan fingerprint density at radius 3 is 2.26 bits per heavy atom. The molecule has 4 rings (SSSR count). The molecule has 2 fully saturated rings. The van der Waals surface area contributed by atoms with E-state index in [0.717, 1.165) is 83.9 Å². The molecule has 4 N–H and O–H groups in total. The van der Waals surface area contributed by atoms with Crippen molar-refractivity contribution in [2.45, 2.75) is 106 Å². The summed E-state index contributed by atoms with van der Waals surface area (Å²) in [5.74, 6) is 1.10. The van der Waals surface area contributed by atoms with Crippen LogP contribution in [0.2, 0.25) is 5.02 Å². The summed E-state index contributed by atoms with van der Waals surface area (Å²) in [5.41, 5.74) is 13.2. The van der Waals surface area contributed by atoms with Gasteiger partial charge < -0.3 is 15.8 Å². The molecule has 0 bridgehead atoms. The number of ether oxygens (including phenoxy) is 1. The lowest BCUT2D eigenvalue weighted by molar-refractivity contribution is 0.109. The van der Waals surface area contributed by atoms with Crippen LogP contribution in [0.3, 0.4) is 0 Å². The first-order valence-electron chi connectivity index (χ1n) is 17.7. The topological polar surface area (TPSA) is 95.8 Å². The van der Waals surface area contributed by atoms with E-state index < -0.39 is 0 Å². The fraction of sp³-hybridized carbons (Fsp3) is 0.525. The van der Waals surface area contributed by atoms with Gasteiger partial charge in [-0.1, -0.05) is 114 Å². The van der Waals surface area contributed by atoms with Crippen LogP contribution in [0, 0.1) is 11.3 Å². The van der Waals surface area contributed by atoms with Crippen LogP contribution in [-0.2, 0) is 17.6 Å². The van der Waals surface area contributed by atoms with Crippen LogP contribution in [0.25, 0.3) is 0 Å². The van der Waals surface area contributed by atoms with Crippen molar-refractivity contribution in [3.05, 3.63) is 87.7 Å². The highest BCUT2D eigenvalue weighted by atomic mass is 35.5. The second kappa shape index (κ2) is 23.3. The Bertz CT molecular complexity index is 1330. The van der Waals surface area contributed by atoms with E-state index in [1.54, 1.807) is 13.1 Å². The smallest absolute Gasteiger partial charge is 0.0720 e. The molecule has 2 aromatic carbocycles. The third kappa shape index (κ3) is 15.1. The van der Waals surface area contributed by atoms with E-state index in [4.69, 9.17) is 32.5 Å². The van der Waals surface area contributed by atoms with Gasteiger partial charge in [0.1, 0.15) is 0 Å². The molecule has 0 aromatic heterocycles.